The molecule has 0 saturated carbocycles. The summed E-state index contributed by atoms with van der Waals surface area (Å²) in [4.78, 5) is 0. The zero-order chi connectivity index (χ0) is 14.2. The highest BCUT2D eigenvalue weighted by Crippen LogP contribution is 2.25. The van der Waals surface area contributed by atoms with E-state index in [1.54, 1.807) is 0 Å². The zero-order valence-corrected chi connectivity index (χ0v) is 12.8. The van der Waals surface area contributed by atoms with Crippen LogP contribution in [0, 0.1) is 48.0 Å². The Morgan fingerprint density at radius 1 is 0.526 bits per heavy atom. The first-order valence-electron chi connectivity index (χ1n) is 6.82. The van der Waals surface area contributed by atoms with Crippen LogP contribution in [0.3, 0.4) is 0 Å². The van der Waals surface area contributed by atoms with E-state index in [1.807, 2.05) is 0 Å². The van der Waals surface area contributed by atoms with Crippen molar-refractivity contribution < 1.29 is 0 Å². The van der Waals surface area contributed by atoms with Gasteiger partial charge in [0.05, 0.1) is 6.42 Å². The summed E-state index contributed by atoms with van der Waals surface area (Å²) in [7, 11) is 0. The van der Waals surface area contributed by atoms with Crippen LogP contribution in [0.25, 0.3) is 0 Å². The van der Waals surface area contributed by atoms with Crippen molar-refractivity contribution in [3.8, 4) is 0 Å². The fourth-order valence-electron chi connectivity index (χ4n) is 2.33. The van der Waals surface area contributed by atoms with Crippen LogP contribution in [-0.2, 0) is 0 Å². The largest absolute Gasteiger partial charge is 0.0587 e. The molecular formula is C19H22. The van der Waals surface area contributed by atoms with Crippen molar-refractivity contribution in [2.75, 3.05) is 0 Å². The molecule has 0 unspecified atom stereocenters. The Kier molecular flexibility index (Phi) is 3.80. The number of hydrogen-bond donors (Lipinski definition) is 0. The van der Waals surface area contributed by atoms with E-state index in [-0.39, 0.29) is 0 Å². The van der Waals surface area contributed by atoms with Crippen LogP contribution in [0.4, 0.5) is 0 Å². The zero-order valence-electron chi connectivity index (χ0n) is 12.8. The molecule has 0 bridgehead atoms. The van der Waals surface area contributed by atoms with Crippen LogP contribution in [0.1, 0.15) is 44.5 Å². The van der Waals surface area contributed by atoms with Crippen LogP contribution in [0.5, 0.6) is 0 Å². The third-order valence-electron chi connectivity index (χ3n) is 4.39. The van der Waals surface area contributed by atoms with Gasteiger partial charge < -0.3 is 0 Å². The molecule has 2 rings (SSSR count). The summed E-state index contributed by atoms with van der Waals surface area (Å²) in [5.41, 5.74) is 10.5. The van der Waals surface area contributed by atoms with E-state index in [0.717, 1.165) is 0 Å². The van der Waals surface area contributed by atoms with E-state index in [9.17, 15) is 0 Å². The lowest BCUT2D eigenvalue weighted by Gasteiger charge is -2.14. The smallest absolute Gasteiger partial charge is 0.0507 e. The number of aryl methyl sites for hydroxylation is 2. The van der Waals surface area contributed by atoms with Crippen molar-refractivity contribution in [3.05, 3.63) is 75.2 Å². The molecule has 0 N–H and O–H groups in total. The minimum absolute atomic E-state index is 1.20. The third kappa shape index (κ3) is 2.58. The molecule has 0 aromatic heterocycles. The van der Waals surface area contributed by atoms with Crippen molar-refractivity contribution in [1.82, 2.24) is 0 Å². The second-order valence-corrected chi connectivity index (χ2v) is 5.49. The molecule has 0 nitrogen and oxygen atoms in total. The van der Waals surface area contributed by atoms with E-state index in [2.05, 4.69) is 72.2 Å². The molecule has 0 heterocycles. The standard InChI is InChI=1S/C19H22/c1-12-7-9-18(16(5)14(12)3)11-19-10-8-13(2)15(4)17(19)6/h7-10H,1-6H3. The highest BCUT2D eigenvalue weighted by molar-refractivity contribution is 5.51. The quantitative estimate of drug-likeness (QED) is 0.702. The van der Waals surface area contributed by atoms with Gasteiger partial charge in [-0.05, 0) is 86.1 Å². The molecule has 19 heavy (non-hydrogen) atoms. The minimum Gasteiger partial charge on any atom is -0.0587 e. The number of benzene rings is 2. The van der Waals surface area contributed by atoms with E-state index in [0.29, 0.717) is 0 Å². The highest BCUT2D eigenvalue weighted by Gasteiger charge is 2.09. The van der Waals surface area contributed by atoms with Gasteiger partial charge in [0.25, 0.3) is 0 Å². The maximum Gasteiger partial charge on any atom is 0.0507 e. The summed E-state index contributed by atoms with van der Waals surface area (Å²) < 4.78 is 0. The maximum absolute atomic E-state index is 3.58. The predicted octanol–water partition coefficient (Wildman–Crippen LogP) is 5.01. The van der Waals surface area contributed by atoms with Crippen molar-refractivity contribution in [3.63, 3.8) is 0 Å². The summed E-state index contributed by atoms with van der Waals surface area (Å²) >= 11 is 0. The van der Waals surface area contributed by atoms with E-state index in [4.69, 9.17) is 0 Å². The van der Waals surface area contributed by atoms with Gasteiger partial charge in [-0.2, -0.15) is 0 Å². The van der Waals surface area contributed by atoms with Gasteiger partial charge in [-0.15, -0.1) is 0 Å². The topological polar surface area (TPSA) is 0 Å². The second kappa shape index (κ2) is 5.21. The third-order valence-corrected chi connectivity index (χ3v) is 4.39. The molecule has 0 aliphatic heterocycles. The van der Waals surface area contributed by atoms with Crippen molar-refractivity contribution in [2.45, 2.75) is 41.5 Å². The first kappa shape index (κ1) is 13.9. The SMILES string of the molecule is Cc1ccc([C]c2ccc(C)c(C)c2C)c(C)c1C. The molecule has 0 heteroatoms. The molecule has 0 atom stereocenters. The van der Waals surface area contributed by atoms with Crippen molar-refractivity contribution >= 4 is 0 Å². The number of hydrogen-bond acceptors (Lipinski definition) is 0. The molecule has 0 aliphatic carbocycles. The summed E-state index contributed by atoms with van der Waals surface area (Å²) in [6.45, 7) is 13.1. The van der Waals surface area contributed by atoms with Gasteiger partial charge in [-0.1, -0.05) is 24.3 Å². The van der Waals surface area contributed by atoms with Crippen LogP contribution in [-0.4, -0.2) is 0 Å². The molecule has 2 radical (unpaired) electrons. The Morgan fingerprint density at radius 3 is 1.26 bits per heavy atom. The van der Waals surface area contributed by atoms with Crippen molar-refractivity contribution in [2.24, 2.45) is 0 Å². The molecule has 2 aromatic rings. The molecule has 98 valence electrons. The van der Waals surface area contributed by atoms with E-state index in [1.165, 1.54) is 44.5 Å². The fraction of sp³-hybridized carbons (Fsp3) is 0.316. The van der Waals surface area contributed by atoms with Gasteiger partial charge in [-0.25, -0.2) is 0 Å². The van der Waals surface area contributed by atoms with E-state index >= 15 is 0 Å². The van der Waals surface area contributed by atoms with Crippen LogP contribution in [0.15, 0.2) is 24.3 Å². The summed E-state index contributed by atoms with van der Waals surface area (Å²) in [6, 6.07) is 8.71. The molecule has 0 fully saturated rings. The highest BCUT2D eigenvalue weighted by atomic mass is 14.1. The first-order chi connectivity index (χ1) is 8.91. The molecule has 0 amide bonds. The van der Waals surface area contributed by atoms with E-state index < -0.39 is 0 Å². The van der Waals surface area contributed by atoms with Crippen LogP contribution < -0.4 is 0 Å². The average molecular weight is 250 g/mol. The van der Waals surface area contributed by atoms with Crippen LogP contribution >= 0.6 is 0 Å². The lowest BCUT2D eigenvalue weighted by molar-refractivity contribution is 1.19. The van der Waals surface area contributed by atoms with Gasteiger partial charge in [0.15, 0.2) is 0 Å². The van der Waals surface area contributed by atoms with Gasteiger partial charge in [0.2, 0.25) is 0 Å². The molecular weight excluding hydrogens is 228 g/mol. The fourth-order valence-corrected chi connectivity index (χ4v) is 2.33. The molecule has 0 spiro atoms. The second-order valence-electron chi connectivity index (χ2n) is 5.49. The lowest BCUT2D eigenvalue weighted by Crippen LogP contribution is -1.98. The Balaban J connectivity index is 2.43. The molecule has 0 saturated heterocycles. The van der Waals surface area contributed by atoms with Gasteiger partial charge in [-0.3, -0.25) is 0 Å². The summed E-state index contributed by atoms with van der Waals surface area (Å²) in [5.74, 6) is 0. The predicted molar refractivity (Wildman–Crippen MR) is 82.8 cm³/mol. The number of rotatable bonds is 2. The normalized spacial score (nSPS) is 10.8. The van der Waals surface area contributed by atoms with Gasteiger partial charge in [0.1, 0.15) is 0 Å². The lowest BCUT2D eigenvalue weighted by atomic mass is 9.90. The summed E-state index contributed by atoms with van der Waals surface area (Å²) in [6.07, 6.45) is 3.58. The van der Waals surface area contributed by atoms with Gasteiger partial charge in [0, 0.05) is 0 Å². The Labute approximate surface area is 117 Å². The summed E-state index contributed by atoms with van der Waals surface area (Å²) in [5, 5.41) is 0. The molecule has 0 aliphatic rings. The Hall–Kier alpha value is -1.56. The Morgan fingerprint density at radius 2 is 0.895 bits per heavy atom. The minimum atomic E-state index is 1.20. The van der Waals surface area contributed by atoms with Crippen molar-refractivity contribution in [1.29, 1.82) is 0 Å². The van der Waals surface area contributed by atoms with Gasteiger partial charge >= 0.3 is 0 Å². The monoisotopic (exact) mass is 250 g/mol. The maximum atomic E-state index is 3.58. The Bertz CT molecular complexity index is 563. The molecule has 2 aromatic carbocycles. The van der Waals surface area contributed by atoms with Crippen LogP contribution in [0.2, 0.25) is 0 Å². The average Bonchev–Trinajstić information content (AvgIpc) is 2.39. The first-order valence-corrected chi connectivity index (χ1v) is 6.82.